The van der Waals surface area contributed by atoms with Crippen molar-refractivity contribution in [1.82, 2.24) is 0 Å². The van der Waals surface area contributed by atoms with E-state index in [1.807, 2.05) is 22.6 Å². The average molecular weight is 647 g/mol. The molecule has 1 amide bonds. The van der Waals surface area contributed by atoms with Crippen LogP contribution in [0.3, 0.4) is 0 Å². The van der Waals surface area contributed by atoms with Gasteiger partial charge in [0.2, 0.25) is 0 Å². The molecule has 0 fully saturated rings. The van der Waals surface area contributed by atoms with Crippen LogP contribution in [0.25, 0.3) is 6.08 Å². The highest BCUT2D eigenvalue weighted by Crippen LogP contribution is 2.37. The van der Waals surface area contributed by atoms with Gasteiger partial charge in [0, 0.05) is 15.6 Å². The molecule has 1 aliphatic rings. The average Bonchev–Trinajstić information content (AvgIpc) is 3.16. The van der Waals surface area contributed by atoms with Gasteiger partial charge in [-0.2, -0.15) is 23.3 Å². The monoisotopic (exact) mass is 646 g/mol. The molecule has 0 saturated heterocycles. The number of hydrogen-bond acceptors (Lipinski definition) is 4. The van der Waals surface area contributed by atoms with Crippen LogP contribution in [0.15, 0.2) is 71.3 Å². The Hall–Kier alpha value is -2.76. The number of carbonyl (C=O) groups is 1. The number of alkyl halides is 3. The van der Waals surface area contributed by atoms with Gasteiger partial charge in [0.05, 0.1) is 21.9 Å². The highest BCUT2D eigenvalue weighted by Gasteiger charge is 2.46. The fraction of sp³-hybridized carbons (Fsp3) is 0.120. The number of ether oxygens (including phenoxy) is 2. The smallest absolute Gasteiger partial charge is 0.435 e. The van der Waals surface area contributed by atoms with Gasteiger partial charge in [-0.1, -0.05) is 47.5 Å². The van der Waals surface area contributed by atoms with Crippen molar-refractivity contribution in [3.05, 3.63) is 91.0 Å². The van der Waals surface area contributed by atoms with E-state index < -0.39 is 23.4 Å². The summed E-state index contributed by atoms with van der Waals surface area (Å²) in [6.07, 6.45) is -3.69. The zero-order valence-corrected chi connectivity index (χ0v) is 22.1. The maximum Gasteiger partial charge on any atom is 0.435 e. The van der Waals surface area contributed by atoms with Gasteiger partial charge in [0.25, 0.3) is 5.91 Å². The van der Waals surface area contributed by atoms with Crippen LogP contribution >= 0.6 is 45.8 Å². The molecule has 11 heteroatoms. The first-order valence-corrected chi connectivity index (χ1v) is 12.1. The van der Waals surface area contributed by atoms with Crippen LogP contribution in [-0.2, 0) is 11.4 Å². The van der Waals surface area contributed by atoms with Crippen LogP contribution in [0, 0.1) is 3.57 Å². The van der Waals surface area contributed by atoms with E-state index in [1.165, 1.54) is 25.3 Å². The Bertz CT molecular complexity index is 1380. The zero-order valence-electron chi connectivity index (χ0n) is 18.4. The molecular formula is C25H16Cl2F3IN2O3. The maximum absolute atomic E-state index is 13.8. The Morgan fingerprint density at radius 3 is 2.44 bits per heavy atom. The number of benzene rings is 3. The number of hydrazone groups is 1. The lowest BCUT2D eigenvalue weighted by molar-refractivity contribution is -0.114. The summed E-state index contributed by atoms with van der Waals surface area (Å²) < 4.78 is 53.2. The molecule has 4 rings (SSSR count). The molecule has 0 radical (unpaired) electrons. The number of para-hydroxylation sites is 1. The summed E-state index contributed by atoms with van der Waals surface area (Å²) >= 11 is 14.1. The number of halogens is 6. The first-order chi connectivity index (χ1) is 17.1. The predicted octanol–water partition coefficient (Wildman–Crippen LogP) is 7.53. The second-order valence-electron chi connectivity index (χ2n) is 7.52. The molecular weight excluding hydrogens is 631 g/mol. The van der Waals surface area contributed by atoms with Gasteiger partial charge in [-0.15, -0.1) is 0 Å². The molecule has 186 valence electrons. The van der Waals surface area contributed by atoms with E-state index >= 15 is 0 Å². The molecule has 0 unspecified atom stereocenters. The Kier molecular flexibility index (Phi) is 7.82. The Labute approximate surface area is 228 Å². The third kappa shape index (κ3) is 5.63. The summed E-state index contributed by atoms with van der Waals surface area (Å²) in [5.41, 5.74) is -0.629. The lowest BCUT2D eigenvalue weighted by atomic mass is 10.1. The van der Waals surface area contributed by atoms with Crippen molar-refractivity contribution in [2.45, 2.75) is 12.8 Å². The van der Waals surface area contributed by atoms with Gasteiger partial charge >= 0.3 is 6.18 Å². The molecule has 0 bridgehead atoms. The predicted molar refractivity (Wildman–Crippen MR) is 142 cm³/mol. The molecule has 3 aromatic rings. The molecule has 5 nitrogen and oxygen atoms in total. The summed E-state index contributed by atoms with van der Waals surface area (Å²) in [7, 11) is 1.41. The van der Waals surface area contributed by atoms with E-state index in [0.717, 1.165) is 11.1 Å². The molecule has 0 N–H and O–H groups in total. The second kappa shape index (κ2) is 10.7. The topological polar surface area (TPSA) is 51.1 Å². The number of anilines is 1. The van der Waals surface area contributed by atoms with Crippen LogP contribution in [0.5, 0.6) is 11.5 Å². The number of methoxy groups -OCH3 is 1. The number of amides is 1. The zero-order chi connectivity index (χ0) is 26.0. The first kappa shape index (κ1) is 26.3. The summed E-state index contributed by atoms with van der Waals surface area (Å²) in [5, 5.41) is 5.23. The minimum absolute atomic E-state index is 0.109. The lowest BCUT2D eigenvalue weighted by Gasteiger charge is -2.15. The summed E-state index contributed by atoms with van der Waals surface area (Å²) in [6, 6.07) is 16.0. The highest BCUT2D eigenvalue weighted by atomic mass is 127. The van der Waals surface area contributed by atoms with Crippen molar-refractivity contribution < 1.29 is 27.4 Å². The highest BCUT2D eigenvalue weighted by molar-refractivity contribution is 14.1. The van der Waals surface area contributed by atoms with Gasteiger partial charge in [0.1, 0.15) is 6.61 Å². The van der Waals surface area contributed by atoms with Crippen molar-refractivity contribution in [3.63, 3.8) is 0 Å². The first-order valence-electron chi connectivity index (χ1n) is 10.3. The largest absolute Gasteiger partial charge is 0.493 e. The fourth-order valence-corrected chi connectivity index (χ4v) is 4.66. The summed E-state index contributed by atoms with van der Waals surface area (Å²) in [6.45, 7) is 0.109. The van der Waals surface area contributed by atoms with Crippen molar-refractivity contribution in [1.29, 1.82) is 0 Å². The standard InChI is InChI=1S/C25H16Cl2F3IN2O3/c1-35-21-11-14(10-20(31)22(21)36-13-15-7-8-16(26)12-19(15)27)9-18-23(25(28,29)30)32-33(24(18)34)17-5-3-2-4-6-17/h2-12H,13H2,1H3/b18-9-. The molecule has 36 heavy (non-hydrogen) atoms. The normalized spacial score (nSPS) is 14.9. The SMILES string of the molecule is COc1cc(/C=C2\C(=O)N(c3ccccc3)N=C2C(F)(F)F)cc(I)c1OCc1ccc(Cl)cc1Cl. The Morgan fingerprint density at radius 2 is 1.81 bits per heavy atom. The number of carbonyl (C=O) groups excluding carboxylic acids is 1. The van der Waals surface area contributed by atoms with E-state index in [0.29, 0.717) is 30.5 Å². The van der Waals surface area contributed by atoms with Crippen molar-refractivity contribution in [2.24, 2.45) is 5.10 Å². The third-order valence-electron chi connectivity index (χ3n) is 5.10. The fourth-order valence-electron chi connectivity index (χ4n) is 3.42. The lowest BCUT2D eigenvalue weighted by Crippen LogP contribution is -2.25. The Balaban J connectivity index is 1.67. The molecule has 0 spiro atoms. The van der Waals surface area contributed by atoms with Gasteiger partial charge in [0.15, 0.2) is 17.2 Å². The molecule has 0 aromatic heterocycles. The molecule has 0 aliphatic carbocycles. The van der Waals surface area contributed by atoms with E-state index in [2.05, 4.69) is 5.10 Å². The number of nitrogens with zero attached hydrogens (tertiary/aromatic N) is 2. The Morgan fingerprint density at radius 1 is 1.08 bits per heavy atom. The summed E-state index contributed by atoms with van der Waals surface area (Å²) in [5.74, 6) is -0.241. The van der Waals surface area contributed by atoms with Gasteiger partial charge in [-0.05, 0) is 70.6 Å². The third-order valence-corrected chi connectivity index (χ3v) is 6.49. The van der Waals surface area contributed by atoms with Gasteiger partial charge < -0.3 is 9.47 Å². The van der Waals surface area contributed by atoms with Gasteiger partial charge in [-0.3, -0.25) is 4.79 Å². The molecule has 0 atom stereocenters. The quantitative estimate of drug-likeness (QED) is 0.206. The van der Waals surface area contributed by atoms with Crippen LogP contribution in [0.4, 0.5) is 18.9 Å². The van der Waals surface area contributed by atoms with E-state index in [-0.39, 0.29) is 18.0 Å². The van der Waals surface area contributed by atoms with Crippen LogP contribution in [0.1, 0.15) is 11.1 Å². The van der Waals surface area contributed by atoms with Gasteiger partial charge in [-0.25, -0.2) is 0 Å². The minimum atomic E-state index is -4.83. The van der Waals surface area contributed by atoms with Crippen LogP contribution < -0.4 is 14.5 Å². The van der Waals surface area contributed by atoms with Crippen LogP contribution in [-0.4, -0.2) is 24.9 Å². The minimum Gasteiger partial charge on any atom is -0.493 e. The van der Waals surface area contributed by atoms with E-state index in [9.17, 15) is 18.0 Å². The second-order valence-corrected chi connectivity index (χ2v) is 9.52. The van der Waals surface area contributed by atoms with Crippen molar-refractivity contribution >= 4 is 69.2 Å². The molecule has 1 aliphatic heterocycles. The molecule has 1 heterocycles. The van der Waals surface area contributed by atoms with Crippen molar-refractivity contribution in [2.75, 3.05) is 12.1 Å². The van der Waals surface area contributed by atoms with Crippen LogP contribution in [0.2, 0.25) is 10.0 Å². The van der Waals surface area contributed by atoms with Crippen molar-refractivity contribution in [3.8, 4) is 11.5 Å². The van der Waals surface area contributed by atoms with E-state index in [1.54, 1.807) is 42.5 Å². The molecule has 0 saturated carbocycles. The van der Waals surface area contributed by atoms with E-state index in [4.69, 9.17) is 32.7 Å². The number of hydrogen-bond donors (Lipinski definition) is 0. The number of rotatable bonds is 6. The molecule has 3 aromatic carbocycles. The maximum atomic E-state index is 13.8. The summed E-state index contributed by atoms with van der Waals surface area (Å²) in [4.78, 5) is 13.0.